The van der Waals surface area contributed by atoms with Crippen LogP contribution in [-0.4, -0.2) is 40.7 Å². The van der Waals surface area contributed by atoms with E-state index in [0.717, 1.165) is 24.8 Å². The number of nitrogens with zero attached hydrogens (tertiary/aromatic N) is 1. The fraction of sp³-hybridized carbons (Fsp3) is 0.562. The molecule has 0 unspecified atom stereocenters. The minimum Gasteiger partial charge on any atom is -0.507 e. The molecule has 0 spiro atoms. The summed E-state index contributed by atoms with van der Waals surface area (Å²) in [7, 11) is 0. The van der Waals surface area contributed by atoms with Crippen LogP contribution in [0.3, 0.4) is 0 Å². The summed E-state index contributed by atoms with van der Waals surface area (Å²) >= 11 is 0. The number of hydrogen-bond donors (Lipinski definition) is 2. The van der Waals surface area contributed by atoms with Crippen molar-refractivity contribution in [3.8, 4) is 5.75 Å². The first kappa shape index (κ1) is 14.9. The van der Waals surface area contributed by atoms with Crippen molar-refractivity contribution in [3.05, 3.63) is 29.3 Å². The van der Waals surface area contributed by atoms with Crippen molar-refractivity contribution in [1.29, 1.82) is 0 Å². The first-order valence-corrected chi connectivity index (χ1v) is 7.21. The third-order valence-corrected chi connectivity index (χ3v) is 4.58. The van der Waals surface area contributed by atoms with Gasteiger partial charge in [0.05, 0.1) is 5.56 Å². The Balaban J connectivity index is 2.09. The topological polar surface area (TPSA) is 60.8 Å². The quantitative estimate of drug-likeness (QED) is 0.891. The molecule has 1 saturated heterocycles. The van der Waals surface area contributed by atoms with Crippen molar-refractivity contribution in [2.45, 2.75) is 33.1 Å². The summed E-state index contributed by atoms with van der Waals surface area (Å²) in [4.78, 5) is 14.2. The zero-order valence-electron chi connectivity index (χ0n) is 12.2. The molecule has 1 fully saturated rings. The molecule has 1 aliphatic rings. The standard InChI is InChI=1S/C16H23NO3/c1-3-16(11-18)6-8-17(9-7-16)15(20)13-5-4-12(2)10-14(13)19/h4-5,10,18-19H,3,6-9,11H2,1-2H3. The number of aromatic hydroxyl groups is 1. The minimum atomic E-state index is -0.120. The second-order valence-electron chi connectivity index (χ2n) is 5.82. The summed E-state index contributed by atoms with van der Waals surface area (Å²) in [5.74, 6) is -0.0744. The first-order chi connectivity index (χ1) is 9.51. The van der Waals surface area contributed by atoms with Gasteiger partial charge in [-0.2, -0.15) is 0 Å². The molecule has 2 rings (SSSR count). The molecule has 0 saturated carbocycles. The lowest BCUT2D eigenvalue weighted by Crippen LogP contribution is -2.44. The fourth-order valence-electron chi connectivity index (χ4n) is 2.80. The number of phenols is 1. The number of aryl methyl sites for hydroxylation is 1. The van der Waals surface area contributed by atoms with Crippen LogP contribution < -0.4 is 0 Å². The van der Waals surface area contributed by atoms with Crippen LogP contribution in [0.15, 0.2) is 18.2 Å². The van der Waals surface area contributed by atoms with Crippen LogP contribution in [0.5, 0.6) is 5.75 Å². The summed E-state index contributed by atoms with van der Waals surface area (Å²) in [6, 6.07) is 5.13. The van der Waals surface area contributed by atoms with Gasteiger partial charge >= 0.3 is 0 Å². The Morgan fingerprint density at radius 1 is 1.35 bits per heavy atom. The van der Waals surface area contributed by atoms with E-state index in [1.807, 2.05) is 13.0 Å². The molecule has 4 nitrogen and oxygen atoms in total. The molecule has 0 radical (unpaired) electrons. The van der Waals surface area contributed by atoms with E-state index in [4.69, 9.17) is 0 Å². The molecule has 0 bridgehead atoms. The average Bonchev–Trinajstić information content (AvgIpc) is 2.47. The molecule has 1 aromatic rings. The zero-order valence-corrected chi connectivity index (χ0v) is 12.2. The number of carbonyl (C=O) groups is 1. The molecule has 0 aliphatic carbocycles. The average molecular weight is 277 g/mol. The normalized spacial score (nSPS) is 18.1. The molecular weight excluding hydrogens is 254 g/mol. The first-order valence-electron chi connectivity index (χ1n) is 7.21. The molecule has 1 aliphatic heterocycles. The highest BCUT2D eigenvalue weighted by molar-refractivity contribution is 5.97. The SMILES string of the molecule is CCC1(CO)CCN(C(=O)c2ccc(C)cc2O)CC1. The van der Waals surface area contributed by atoms with Gasteiger partial charge in [0, 0.05) is 19.7 Å². The van der Waals surface area contributed by atoms with Crippen molar-refractivity contribution in [1.82, 2.24) is 4.90 Å². The van der Waals surface area contributed by atoms with E-state index in [1.165, 1.54) is 0 Å². The summed E-state index contributed by atoms with van der Waals surface area (Å²) in [6.07, 6.45) is 2.57. The largest absolute Gasteiger partial charge is 0.507 e. The Bertz CT molecular complexity index is 484. The smallest absolute Gasteiger partial charge is 0.257 e. The van der Waals surface area contributed by atoms with Gasteiger partial charge in [0.15, 0.2) is 0 Å². The highest BCUT2D eigenvalue weighted by atomic mass is 16.3. The molecular formula is C16H23NO3. The highest BCUT2D eigenvalue weighted by Crippen LogP contribution is 2.35. The summed E-state index contributed by atoms with van der Waals surface area (Å²) in [5.41, 5.74) is 1.26. The van der Waals surface area contributed by atoms with E-state index in [0.29, 0.717) is 18.7 Å². The lowest BCUT2D eigenvalue weighted by molar-refractivity contribution is 0.0336. The highest BCUT2D eigenvalue weighted by Gasteiger charge is 2.34. The molecule has 1 heterocycles. The number of rotatable bonds is 3. The van der Waals surface area contributed by atoms with Crippen LogP contribution in [0.25, 0.3) is 0 Å². The second-order valence-corrected chi connectivity index (χ2v) is 5.82. The van der Waals surface area contributed by atoms with Crippen molar-refractivity contribution < 1.29 is 15.0 Å². The Morgan fingerprint density at radius 3 is 2.50 bits per heavy atom. The predicted molar refractivity (Wildman–Crippen MR) is 77.8 cm³/mol. The Labute approximate surface area is 120 Å². The van der Waals surface area contributed by atoms with Gasteiger partial charge in [-0.1, -0.05) is 13.0 Å². The van der Waals surface area contributed by atoms with Gasteiger partial charge in [0.25, 0.3) is 5.91 Å². The van der Waals surface area contributed by atoms with Crippen molar-refractivity contribution in [3.63, 3.8) is 0 Å². The molecule has 1 aromatic carbocycles. The number of likely N-dealkylation sites (tertiary alicyclic amines) is 1. The fourth-order valence-corrected chi connectivity index (χ4v) is 2.80. The number of aliphatic hydroxyl groups is 1. The van der Waals surface area contributed by atoms with E-state index in [9.17, 15) is 15.0 Å². The number of phenolic OH excluding ortho intramolecular Hbond substituents is 1. The van der Waals surface area contributed by atoms with Crippen LogP contribution in [-0.2, 0) is 0 Å². The number of hydrogen-bond acceptors (Lipinski definition) is 3. The third-order valence-electron chi connectivity index (χ3n) is 4.58. The van der Waals surface area contributed by atoms with Gasteiger partial charge in [-0.25, -0.2) is 0 Å². The second kappa shape index (κ2) is 5.83. The van der Waals surface area contributed by atoms with Crippen LogP contribution in [0.2, 0.25) is 0 Å². The molecule has 2 N–H and O–H groups in total. The van der Waals surface area contributed by atoms with Gasteiger partial charge in [0.2, 0.25) is 0 Å². The van der Waals surface area contributed by atoms with Crippen LogP contribution >= 0.6 is 0 Å². The van der Waals surface area contributed by atoms with Gasteiger partial charge in [-0.3, -0.25) is 4.79 Å². The summed E-state index contributed by atoms with van der Waals surface area (Å²) < 4.78 is 0. The number of carbonyl (C=O) groups excluding carboxylic acids is 1. The minimum absolute atomic E-state index is 0.0356. The van der Waals surface area contributed by atoms with E-state index >= 15 is 0 Å². The Hall–Kier alpha value is -1.55. The maximum absolute atomic E-state index is 12.4. The van der Waals surface area contributed by atoms with E-state index in [-0.39, 0.29) is 23.7 Å². The molecule has 0 atom stereocenters. The van der Waals surface area contributed by atoms with Crippen LogP contribution in [0.1, 0.15) is 42.1 Å². The van der Waals surface area contributed by atoms with E-state index in [2.05, 4.69) is 6.92 Å². The molecule has 20 heavy (non-hydrogen) atoms. The maximum Gasteiger partial charge on any atom is 0.257 e. The number of aliphatic hydroxyl groups excluding tert-OH is 1. The molecule has 110 valence electrons. The van der Waals surface area contributed by atoms with Gasteiger partial charge in [-0.15, -0.1) is 0 Å². The number of amides is 1. The Morgan fingerprint density at radius 2 is 2.00 bits per heavy atom. The van der Waals surface area contributed by atoms with Crippen LogP contribution in [0, 0.1) is 12.3 Å². The summed E-state index contributed by atoms with van der Waals surface area (Å²) in [6.45, 7) is 5.42. The molecule has 4 heteroatoms. The zero-order chi connectivity index (χ0) is 14.8. The number of piperidine rings is 1. The van der Waals surface area contributed by atoms with Gasteiger partial charge < -0.3 is 15.1 Å². The van der Waals surface area contributed by atoms with Gasteiger partial charge in [0.1, 0.15) is 5.75 Å². The maximum atomic E-state index is 12.4. The van der Waals surface area contributed by atoms with Crippen molar-refractivity contribution in [2.75, 3.05) is 19.7 Å². The number of benzene rings is 1. The van der Waals surface area contributed by atoms with Crippen molar-refractivity contribution in [2.24, 2.45) is 5.41 Å². The lowest BCUT2D eigenvalue weighted by atomic mass is 9.77. The molecule has 0 aromatic heterocycles. The monoisotopic (exact) mass is 277 g/mol. The van der Waals surface area contributed by atoms with Gasteiger partial charge in [-0.05, 0) is 49.3 Å². The third kappa shape index (κ3) is 2.80. The lowest BCUT2D eigenvalue weighted by Gasteiger charge is -2.40. The van der Waals surface area contributed by atoms with Crippen LogP contribution in [0.4, 0.5) is 0 Å². The molecule has 1 amide bonds. The Kier molecular flexibility index (Phi) is 4.33. The summed E-state index contributed by atoms with van der Waals surface area (Å²) in [5, 5.41) is 19.4. The van der Waals surface area contributed by atoms with E-state index in [1.54, 1.807) is 17.0 Å². The van der Waals surface area contributed by atoms with Crippen molar-refractivity contribution >= 4 is 5.91 Å². The predicted octanol–water partition coefficient (Wildman–Crippen LogP) is 2.33. The van der Waals surface area contributed by atoms with E-state index < -0.39 is 0 Å².